The van der Waals surface area contributed by atoms with Crippen LogP contribution in [-0.4, -0.2) is 50.3 Å². The van der Waals surface area contributed by atoms with Gasteiger partial charge in [-0.3, -0.25) is 19.3 Å². The third-order valence-corrected chi connectivity index (χ3v) is 9.41. The SMILES string of the molecule is COc1cccc2c1CC[C@H]1CNC(CCn3c(=O)[nH]c4c(C)c(C)ncc4c3=O)[C@@H]21.Cc1nc(C)c(C(=O)O)c(N)c1C.Cl. The standard InChI is InChI=1S/C24H28N4O3.C9H12N2O2.ClH/c1-13-14(2)25-12-18-22(13)27-24(30)28(23(18)29)10-9-19-21-15(11-26-19)7-8-16-17(21)5-4-6-20(16)31-3;1-4-5(2)11-6(3)7(8(4)10)9(12)13;/h4-6,12,15,19,21,26H,7-11H2,1-3H3,(H,27,30);1-3H3,(H2,10,11)(H,12,13);1H/t15-,19?,21+;;/m0../s1. The van der Waals surface area contributed by atoms with E-state index in [0.717, 1.165) is 47.7 Å². The molecular weight excluding hydrogens is 596 g/mol. The number of aromatic nitrogens is 4. The predicted molar refractivity (Wildman–Crippen MR) is 177 cm³/mol. The molecule has 12 heteroatoms. The molecule has 3 aromatic heterocycles. The van der Waals surface area contributed by atoms with E-state index in [-0.39, 0.29) is 35.3 Å². The first-order chi connectivity index (χ1) is 20.9. The molecule has 0 bridgehead atoms. The number of halogens is 1. The average Bonchev–Trinajstić information content (AvgIpc) is 3.41. The molecule has 2 aliphatic rings. The highest BCUT2D eigenvalue weighted by atomic mass is 35.5. The molecule has 0 amide bonds. The van der Waals surface area contributed by atoms with Crippen LogP contribution in [0.15, 0.2) is 34.0 Å². The number of hydrogen-bond donors (Lipinski definition) is 4. The number of anilines is 1. The van der Waals surface area contributed by atoms with Crippen LogP contribution in [0.3, 0.4) is 0 Å². The van der Waals surface area contributed by atoms with Gasteiger partial charge >= 0.3 is 11.7 Å². The van der Waals surface area contributed by atoms with Crippen LogP contribution in [0.4, 0.5) is 5.69 Å². The first kappa shape index (κ1) is 33.7. The number of H-pyrrole nitrogens is 1. The van der Waals surface area contributed by atoms with Crippen LogP contribution in [0.1, 0.15) is 68.5 Å². The molecule has 4 heterocycles. The van der Waals surface area contributed by atoms with Crippen LogP contribution in [0.5, 0.6) is 5.75 Å². The predicted octanol–water partition coefficient (Wildman–Crippen LogP) is 4.13. The molecule has 3 atom stereocenters. The molecule has 0 spiro atoms. The van der Waals surface area contributed by atoms with E-state index in [1.165, 1.54) is 15.7 Å². The molecule has 11 nitrogen and oxygen atoms in total. The Morgan fingerprint density at radius 3 is 2.53 bits per heavy atom. The third-order valence-electron chi connectivity index (χ3n) is 9.41. The minimum atomic E-state index is -1.02. The largest absolute Gasteiger partial charge is 0.496 e. The fraction of sp³-hybridized carbons (Fsp3) is 0.424. The van der Waals surface area contributed by atoms with E-state index >= 15 is 0 Å². The molecular formula is C33H41ClN6O5. The maximum atomic E-state index is 13.0. The Balaban J connectivity index is 0.000000279. The minimum absolute atomic E-state index is 0. The molecule has 1 saturated heterocycles. The van der Waals surface area contributed by atoms with Crippen molar-refractivity contribution < 1.29 is 14.6 Å². The molecule has 0 saturated carbocycles. The highest BCUT2D eigenvalue weighted by Gasteiger charge is 2.40. The summed E-state index contributed by atoms with van der Waals surface area (Å²) < 4.78 is 6.92. The normalized spacial score (nSPS) is 18.3. The van der Waals surface area contributed by atoms with Crippen LogP contribution >= 0.6 is 12.4 Å². The highest BCUT2D eigenvalue weighted by molar-refractivity contribution is 5.95. The number of fused-ring (bicyclic) bond motifs is 4. The molecule has 6 rings (SSSR count). The van der Waals surface area contributed by atoms with E-state index in [9.17, 15) is 14.4 Å². The van der Waals surface area contributed by atoms with Gasteiger partial charge in [-0.2, -0.15) is 0 Å². The summed E-state index contributed by atoms with van der Waals surface area (Å²) in [5.74, 6) is 0.888. The number of carbonyl (C=O) groups is 1. The Kier molecular flexibility index (Phi) is 10.0. The summed E-state index contributed by atoms with van der Waals surface area (Å²) in [7, 11) is 1.72. The number of nitrogens with zero attached hydrogens (tertiary/aromatic N) is 3. The Labute approximate surface area is 267 Å². The van der Waals surface area contributed by atoms with Gasteiger partial charge in [-0.15, -0.1) is 12.4 Å². The van der Waals surface area contributed by atoms with Crippen molar-refractivity contribution in [1.82, 2.24) is 24.8 Å². The van der Waals surface area contributed by atoms with E-state index in [0.29, 0.717) is 47.1 Å². The summed E-state index contributed by atoms with van der Waals surface area (Å²) in [5, 5.41) is 13.0. The van der Waals surface area contributed by atoms with Crippen molar-refractivity contribution in [2.75, 3.05) is 19.4 Å². The smallest absolute Gasteiger partial charge is 0.339 e. The lowest BCUT2D eigenvalue weighted by molar-refractivity contribution is 0.0696. The van der Waals surface area contributed by atoms with Crippen LogP contribution < -0.4 is 27.0 Å². The van der Waals surface area contributed by atoms with Gasteiger partial charge in [-0.05, 0) is 94.7 Å². The number of aromatic carboxylic acids is 1. The minimum Gasteiger partial charge on any atom is -0.496 e. The topological polar surface area (TPSA) is 165 Å². The second kappa shape index (κ2) is 13.4. The molecule has 4 aromatic rings. The molecule has 1 aliphatic heterocycles. The zero-order valence-corrected chi connectivity index (χ0v) is 27.3. The van der Waals surface area contributed by atoms with Crippen molar-refractivity contribution in [3.63, 3.8) is 0 Å². The first-order valence-electron chi connectivity index (χ1n) is 14.9. The zero-order valence-electron chi connectivity index (χ0n) is 26.5. The van der Waals surface area contributed by atoms with E-state index in [1.54, 1.807) is 27.2 Å². The quantitative estimate of drug-likeness (QED) is 0.252. The van der Waals surface area contributed by atoms with Gasteiger partial charge in [0.15, 0.2) is 0 Å². The van der Waals surface area contributed by atoms with E-state index in [2.05, 4.69) is 32.4 Å². The molecule has 1 unspecified atom stereocenters. The van der Waals surface area contributed by atoms with E-state index in [4.69, 9.17) is 15.6 Å². The van der Waals surface area contributed by atoms with E-state index < -0.39 is 5.97 Å². The molecule has 5 N–H and O–H groups in total. The molecule has 1 aliphatic carbocycles. The molecule has 240 valence electrons. The summed E-state index contributed by atoms with van der Waals surface area (Å²) in [6.45, 7) is 10.3. The highest BCUT2D eigenvalue weighted by Crippen LogP contribution is 2.45. The lowest BCUT2D eigenvalue weighted by atomic mass is 9.73. The van der Waals surface area contributed by atoms with Gasteiger partial charge in [0, 0.05) is 36.1 Å². The van der Waals surface area contributed by atoms with Crippen LogP contribution in [0.2, 0.25) is 0 Å². The number of hydrogen-bond acceptors (Lipinski definition) is 8. The van der Waals surface area contributed by atoms with Gasteiger partial charge in [0.25, 0.3) is 5.56 Å². The number of aryl methyl sites for hydroxylation is 4. The zero-order chi connectivity index (χ0) is 31.9. The van der Waals surface area contributed by atoms with E-state index in [1.807, 2.05) is 26.8 Å². The first-order valence-corrected chi connectivity index (χ1v) is 14.9. The fourth-order valence-electron chi connectivity index (χ4n) is 6.75. The van der Waals surface area contributed by atoms with Gasteiger partial charge in [0.05, 0.1) is 29.4 Å². The average molecular weight is 637 g/mol. The van der Waals surface area contributed by atoms with Crippen molar-refractivity contribution in [1.29, 1.82) is 0 Å². The Morgan fingerprint density at radius 1 is 1.11 bits per heavy atom. The number of nitrogens with one attached hydrogen (secondary N) is 2. The van der Waals surface area contributed by atoms with Gasteiger partial charge in [0.2, 0.25) is 0 Å². The van der Waals surface area contributed by atoms with Crippen molar-refractivity contribution >= 4 is 35.0 Å². The van der Waals surface area contributed by atoms with Crippen LogP contribution in [-0.2, 0) is 13.0 Å². The Morgan fingerprint density at radius 2 is 1.84 bits per heavy atom. The molecule has 45 heavy (non-hydrogen) atoms. The van der Waals surface area contributed by atoms with Gasteiger partial charge < -0.3 is 25.9 Å². The van der Waals surface area contributed by atoms with Crippen LogP contribution in [0.25, 0.3) is 10.9 Å². The lowest BCUT2D eigenvalue weighted by Crippen LogP contribution is -2.38. The monoisotopic (exact) mass is 636 g/mol. The van der Waals surface area contributed by atoms with Crippen molar-refractivity contribution in [2.45, 2.75) is 72.4 Å². The fourth-order valence-corrected chi connectivity index (χ4v) is 6.75. The van der Waals surface area contributed by atoms with Crippen molar-refractivity contribution in [3.05, 3.63) is 90.1 Å². The molecule has 0 radical (unpaired) electrons. The van der Waals surface area contributed by atoms with Gasteiger partial charge in [-0.1, -0.05) is 12.1 Å². The van der Waals surface area contributed by atoms with Crippen LogP contribution in [0, 0.1) is 40.5 Å². The molecule has 1 fully saturated rings. The number of benzene rings is 1. The number of nitrogen functional groups attached to an aromatic ring is 1. The maximum Gasteiger partial charge on any atom is 0.339 e. The number of nitrogens with two attached hydrogens (primary N) is 1. The summed E-state index contributed by atoms with van der Waals surface area (Å²) in [6, 6.07) is 6.52. The van der Waals surface area contributed by atoms with Crippen molar-refractivity contribution in [2.24, 2.45) is 5.92 Å². The number of ether oxygens (including phenoxy) is 1. The Hall–Kier alpha value is -4.22. The number of rotatable bonds is 5. The second-order valence-corrected chi connectivity index (χ2v) is 11.8. The number of aromatic amines is 1. The number of carboxylic acids is 1. The molecule has 1 aromatic carbocycles. The summed E-state index contributed by atoms with van der Waals surface area (Å²) >= 11 is 0. The second-order valence-electron chi connectivity index (χ2n) is 11.8. The van der Waals surface area contributed by atoms with Crippen molar-refractivity contribution in [3.8, 4) is 5.75 Å². The van der Waals surface area contributed by atoms with Gasteiger partial charge in [-0.25, -0.2) is 9.59 Å². The number of methoxy groups -OCH3 is 1. The third kappa shape index (κ3) is 6.19. The lowest BCUT2D eigenvalue weighted by Gasteiger charge is -2.32. The summed E-state index contributed by atoms with van der Waals surface area (Å²) in [4.78, 5) is 47.9. The Bertz CT molecular complexity index is 1880. The number of pyridine rings is 2. The maximum absolute atomic E-state index is 13.0. The van der Waals surface area contributed by atoms with Gasteiger partial charge in [0.1, 0.15) is 11.3 Å². The summed E-state index contributed by atoms with van der Waals surface area (Å²) in [5.41, 5.74) is 12.3. The number of carboxylic acid groups (broad SMARTS) is 1. The summed E-state index contributed by atoms with van der Waals surface area (Å²) in [6.07, 6.45) is 4.44.